The van der Waals surface area contributed by atoms with E-state index in [1.807, 2.05) is 13.0 Å². The van der Waals surface area contributed by atoms with E-state index in [2.05, 4.69) is 30.6 Å². The fourth-order valence-corrected chi connectivity index (χ4v) is 4.00. The smallest absolute Gasteiger partial charge is 0.324 e. The molecule has 196 valence electrons. The molecule has 0 bridgehead atoms. The number of aryl methyl sites for hydroxylation is 2. The molecule has 0 aliphatic heterocycles. The predicted octanol–water partition coefficient (Wildman–Crippen LogP) is 6.36. The maximum absolute atomic E-state index is 13.9. The van der Waals surface area contributed by atoms with Gasteiger partial charge >= 0.3 is 6.18 Å². The van der Waals surface area contributed by atoms with Gasteiger partial charge in [0.25, 0.3) is 5.91 Å². The molecule has 39 heavy (non-hydrogen) atoms. The van der Waals surface area contributed by atoms with Gasteiger partial charge in [0.1, 0.15) is 0 Å². The molecule has 0 fully saturated rings. The van der Waals surface area contributed by atoms with Gasteiger partial charge in [0.15, 0.2) is 0 Å². The average Bonchev–Trinajstić information content (AvgIpc) is 3.35. The fraction of sp³-hybridized carbons (Fsp3) is 0.107. The maximum Gasteiger partial charge on any atom is 0.418 e. The second kappa shape index (κ2) is 10.4. The first-order valence-electron chi connectivity index (χ1n) is 11.8. The second-order valence-corrected chi connectivity index (χ2v) is 8.74. The summed E-state index contributed by atoms with van der Waals surface area (Å²) < 4.78 is 42.8. The minimum atomic E-state index is -4.64. The molecular weight excluding hydrogens is 507 g/mol. The monoisotopic (exact) mass is 529 g/mol. The number of halogens is 3. The standard InChI is InChI=1S/C28H22F3N7O/c1-17-8-9-19(13-24(17)37-27-33-12-10-22(36-27)20-5-4-11-32-14-20)26(39)35-23-7-3-6-21(28(29,30)31)25(23)38-15-18(2)34-16-38/h3-16H,1-2H3,(H,35,39)(H,33,36,37). The van der Waals surface area contributed by atoms with Crippen molar-refractivity contribution < 1.29 is 18.0 Å². The van der Waals surface area contributed by atoms with Crippen LogP contribution in [0.4, 0.5) is 30.5 Å². The number of alkyl halides is 3. The van der Waals surface area contributed by atoms with Crippen LogP contribution in [0, 0.1) is 13.8 Å². The Morgan fingerprint density at radius 2 is 1.79 bits per heavy atom. The topological polar surface area (TPSA) is 97.6 Å². The molecule has 0 atom stereocenters. The van der Waals surface area contributed by atoms with Gasteiger partial charge in [-0.2, -0.15) is 13.2 Å². The van der Waals surface area contributed by atoms with E-state index < -0.39 is 17.6 Å². The Kier molecular flexibility index (Phi) is 6.80. The molecule has 11 heteroatoms. The first kappa shape index (κ1) is 25.6. The number of amides is 1. The van der Waals surface area contributed by atoms with E-state index in [4.69, 9.17) is 0 Å². The van der Waals surface area contributed by atoms with Gasteiger partial charge in [0.2, 0.25) is 5.95 Å². The Labute approximate surface area is 221 Å². The summed E-state index contributed by atoms with van der Waals surface area (Å²) in [5, 5.41) is 5.76. The molecule has 0 saturated carbocycles. The van der Waals surface area contributed by atoms with Crippen LogP contribution >= 0.6 is 0 Å². The number of pyridine rings is 1. The zero-order valence-electron chi connectivity index (χ0n) is 20.9. The third-order valence-corrected chi connectivity index (χ3v) is 5.92. The van der Waals surface area contributed by atoms with Crippen molar-refractivity contribution in [2.24, 2.45) is 0 Å². The Bertz CT molecular complexity index is 1650. The van der Waals surface area contributed by atoms with Crippen LogP contribution in [-0.4, -0.2) is 30.4 Å². The number of hydrogen-bond acceptors (Lipinski definition) is 6. The molecule has 0 spiro atoms. The van der Waals surface area contributed by atoms with Gasteiger partial charge in [-0.05, 0) is 61.9 Å². The minimum absolute atomic E-state index is 0.00480. The first-order valence-corrected chi connectivity index (χ1v) is 11.8. The Morgan fingerprint density at radius 1 is 0.949 bits per heavy atom. The summed E-state index contributed by atoms with van der Waals surface area (Å²) >= 11 is 0. The van der Waals surface area contributed by atoms with Gasteiger partial charge in [0, 0.05) is 41.6 Å². The summed E-state index contributed by atoms with van der Waals surface area (Å²) in [7, 11) is 0. The molecule has 3 aromatic heterocycles. The van der Waals surface area contributed by atoms with Crippen molar-refractivity contribution in [2.45, 2.75) is 20.0 Å². The molecule has 0 saturated heterocycles. The van der Waals surface area contributed by atoms with Gasteiger partial charge in [0.05, 0.1) is 34.7 Å². The number of aromatic nitrogens is 5. The van der Waals surface area contributed by atoms with Crippen LogP contribution in [0.3, 0.4) is 0 Å². The number of para-hydroxylation sites is 1. The third-order valence-electron chi connectivity index (χ3n) is 5.92. The molecule has 0 radical (unpaired) electrons. The van der Waals surface area contributed by atoms with Crippen LogP contribution < -0.4 is 10.6 Å². The molecule has 1 amide bonds. The van der Waals surface area contributed by atoms with E-state index in [1.54, 1.807) is 55.8 Å². The molecule has 2 N–H and O–H groups in total. The highest BCUT2D eigenvalue weighted by molar-refractivity contribution is 6.06. The van der Waals surface area contributed by atoms with E-state index in [-0.39, 0.29) is 16.9 Å². The highest BCUT2D eigenvalue weighted by atomic mass is 19.4. The molecule has 3 heterocycles. The normalized spacial score (nSPS) is 11.3. The van der Waals surface area contributed by atoms with Crippen LogP contribution in [0.15, 0.2) is 85.7 Å². The number of carbonyl (C=O) groups is 1. The average molecular weight is 530 g/mol. The second-order valence-electron chi connectivity index (χ2n) is 8.74. The highest BCUT2D eigenvalue weighted by Crippen LogP contribution is 2.37. The molecule has 0 unspecified atom stereocenters. The van der Waals surface area contributed by atoms with Gasteiger partial charge in [-0.15, -0.1) is 0 Å². The molecule has 0 aliphatic rings. The molecule has 8 nitrogen and oxygen atoms in total. The predicted molar refractivity (Wildman–Crippen MR) is 141 cm³/mol. The summed E-state index contributed by atoms with van der Waals surface area (Å²) in [6, 6.07) is 14.0. The van der Waals surface area contributed by atoms with Crippen LogP contribution in [0.2, 0.25) is 0 Å². The number of nitrogens with one attached hydrogen (secondary N) is 2. The van der Waals surface area contributed by atoms with Crippen molar-refractivity contribution in [1.82, 2.24) is 24.5 Å². The fourth-order valence-electron chi connectivity index (χ4n) is 4.00. The van der Waals surface area contributed by atoms with Gasteiger partial charge in [-0.25, -0.2) is 15.0 Å². The Balaban J connectivity index is 1.44. The third kappa shape index (κ3) is 5.61. The van der Waals surface area contributed by atoms with E-state index in [0.717, 1.165) is 17.2 Å². The zero-order valence-corrected chi connectivity index (χ0v) is 20.9. The number of imidazole rings is 1. The van der Waals surface area contributed by atoms with E-state index in [0.29, 0.717) is 23.0 Å². The SMILES string of the molecule is Cc1cn(-c2c(NC(=O)c3ccc(C)c(Nc4nccc(-c5cccnc5)n4)c3)cccc2C(F)(F)F)cn1. The summed E-state index contributed by atoms with van der Waals surface area (Å²) in [6.45, 7) is 3.52. The lowest BCUT2D eigenvalue weighted by molar-refractivity contribution is -0.137. The Hall–Kier alpha value is -5.06. The van der Waals surface area contributed by atoms with Crippen LogP contribution in [-0.2, 0) is 6.18 Å². The van der Waals surface area contributed by atoms with Crippen molar-refractivity contribution in [3.05, 3.63) is 108 Å². The van der Waals surface area contributed by atoms with E-state index in [9.17, 15) is 18.0 Å². The molecule has 0 aliphatic carbocycles. The quantitative estimate of drug-likeness (QED) is 0.266. The van der Waals surface area contributed by atoms with Crippen molar-refractivity contribution in [2.75, 3.05) is 10.6 Å². The molecule has 5 rings (SSSR count). The van der Waals surface area contributed by atoms with Gasteiger partial charge < -0.3 is 15.2 Å². The zero-order chi connectivity index (χ0) is 27.6. The largest absolute Gasteiger partial charge is 0.418 e. The van der Waals surface area contributed by atoms with Crippen LogP contribution in [0.5, 0.6) is 0 Å². The highest BCUT2D eigenvalue weighted by Gasteiger charge is 2.35. The summed E-state index contributed by atoms with van der Waals surface area (Å²) in [4.78, 5) is 30.2. The molecule has 5 aromatic rings. The van der Waals surface area contributed by atoms with Crippen LogP contribution in [0.25, 0.3) is 16.9 Å². The maximum atomic E-state index is 13.9. The van der Waals surface area contributed by atoms with E-state index >= 15 is 0 Å². The number of rotatable bonds is 6. The summed E-state index contributed by atoms with van der Waals surface area (Å²) in [5.41, 5.74) is 2.52. The number of benzene rings is 2. The van der Waals surface area contributed by atoms with Crippen molar-refractivity contribution in [1.29, 1.82) is 0 Å². The molecular formula is C28H22F3N7O. The number of carbonyl (C=O) groups excluding carboxylic acids is 1. The van der Waals surface area contributed by atoms with Crippen molar-refractivity contribution >= 4 is 23.2 Å². The summed E-state index contributed by atoms with van der Waals surface area (Å²) in [6.07, 6.45) is 3.07. The lowest BCUT2D eigenvalue weighted by Gasteiger charge is -2.18. The van der Waals surface area contributed by atoms with Crippen molar-refractivity contribution in [3.63, 3.8) is 0 Å². The lowest BCUT2D eigenvalue weighted by Crippen LogP contribution is -2.17. The minimum Gasteiger partial charge on any atom is -0.324 e. The van der Waals surface area contributed by atoms with Gasteiger partial charge in [-0.1, -0.05) is 12.1 Å². The number of hydrogen-bond donors (Lipinski definition) is 2. The van der Waals surface area contributed by atoms with Crippen LogP contribution in [0.1, 0.15) is 27.2 Å². The van der Waals surface area contributed by atoms with Gasteiger partial charge in [-0.3, -0.25) is 9.78 Å². The Morgan fingerprint density at radius 3 is 2.51 bits per heavy atom. The number of nitrogens with zero attached hydrogens (tertiary/aromatic N) is 5. The number of anilines is 3. The summed E-state index contributed by atoms with van der Waals surface area (Å²) in [5.74, 6) is -0.270. The van der Waals surface area contributed by atoms with Crippen molar-refractivity contribution in [3.8, 4) is 16.9 Å². The van der Waals surface area contributed by atoms with E-state index in [1.165, 1.54) is 29.2 Å². The first-order chi connectivity index (χ1) is 18.7. The molecule has 2 aromatic carbocycles. The lowest BCUT2D eigenvalue weighted by atomic mass is 10.1.